The Morgan fingerprint density at radius 3 is 2.32 bits per heavy atom. The fraction of sp³-hybridized carbons (Fsp3) is 0.188. The summed E-state index contributed by atoms with van der Waals surface area (Å²) < 4.78 is 26.8. The highest BCUT2D eigenvalue weighted by molar-refractivity contribution is 7.99. The van der Waals surface area contributed by atoms with E-state index in [1.165, 1.54) is 22.7 Å². The van der Waals surface area contributed by atoms with Gasteiger partial charge in [0.05, 0.1) is 5.75 Å². The van der Waals surface area contributed by atoms with Crippen LogP contribution in [0, 0.1) is 11.6 Å². The number of anilines is 1. The molecule has 0 unspecified atom stereocenters. The van der Waals surface area contributed by atoms with Gasteiger partial charge in [-0.25, -0.2) is 8.78 Å². The van der Waals surface area contributed by atoms with Crippen LogP contribution in [0.2, 0.25) is 0 Å². The lowest BCUT2D eigenvalue weighted by Gasteiger charge is -2.07. The number of rotatable bonds is 6. The van der Waals surface area contributed by atoms with E-state index in [1.54, 1.807) is 11.8 Å². The van der Waals surface area contributed by atoms with Gasteiger partial charge >= 0.3 is 0 Å². The van der Waals surface area contributed by atoms with E-state index in [9.17, 15) is 13.6 Å². The summed E-state index contributed by atoms with van der Waals surface area (Å²) in [4.78, 5) is 12.9. The molecule has 2 aromatic carbocycles. The molecule has 0 heterocycles. The van der Waals surface area contributed by atoms with Gasteiger partial charge in [-0.15, -0.1) is 23.5 Å². The topological polar surface area (TPSA) is 29.1 Å². The average molecular weight is 339 g/mol. The fourth-order valence-corrected chi connectivity index (χ4v) is 2.97. The van der Waals surface area contributed by atoms with E-state index >= 15 is 0 Å². The van der Waals surface area contributed by atoms with E-state index in [1.807, 2.05) is 30.5 Å². The Morgan fingerprint density at radius 1 is 1.09 bits per heavy atom. The van der Waals surface area contributed by atoms with Gasteiger partial charge in [-0.05, 0) is 36.1 Å². The summed E-state index contributed by atoms with van der Waals surface area (Å²) in [6, 6.07) is 11.5. The highest BCUT2D eigenvalue weighted by Gasteiger charge is 2.11. The zero-order chi connectivity index (χ0) is 15.9. The molecule has 2 aromatic rings. The van der Waals surface area contributed by atoms with Crippen molar-refractivity contribution >= 4 is 35.1 Å². The largest absolute Gasteiger partial charge is 0.320 e. The van der Waals surface area contributed by atoms with Crippen LogP contribution in [0.25, 0.3) is 0 Å². The van der Waals surface area contributed by atoms with Gasteiger partial charge in [-0.2, -0.15) is 0 Å². The van der Waals surface area contributed by atoms with Crippen LogP contribution < -0.4 is 5.32 Å². The van der Waals surface area contributed by atoms with E-state index in [2.05, 4.69) is 5.32 Å². The predicted molar refractivity (Wildman–Crippen MR) is 89.4 cm³/mol. The number of hydrogen-bond donors (Lipinski definition) is 1. The van der Waals surface area contributed by atoms with Crippen LogP contribution in [0.15, 0.2) is 47.4 Å². The molecule has 1 amide bonds. The van der Waals surface area contributed by atoms with Crippen molar-refractivity contribution in [3.8, 4) is 0 Å². The molecule has 0 radical (unpaired) electrons. The van der Waals surface area contributed by atoms with Crippen molar-refractivity contribution in [3.63, 3.8) is 0 Å². The third-order valence-corrected chi connectivity index (χ3v) is 4.64. The first-order valence-corrected chi connectivity index (χ1v) is 8.92. The molecule has 1 N–H and O–H groups in total. The molecule has 0 aliphatic carbocycles. The molecule has 22 heavy (non-hydrogen) atoms. The number of carbonyl (C=O) groups excluding carboxylic acids is 1. The van der Waals surface area contributed by atoms with Crippen LogP contribution >= 0.6 is 23.5 Å². The molecule has 0 saturated carbocycles. The Hall–Kier alpha value is -1.53. The van der Waals surface area contributed by atoms with E-state index in [-0.39, 0.29) is 5.75 Å². The minimum Gasteiger partial charge on any atom is -0.320 e. The van der Waals surface area contributed by atoms with E-state index in [0.29, 0.717) is 5.75 Å². The third-order valence-electron chi connectivity index (χ3n) is 2.89. The molecule has 6 heteroatoms. The third kappa shape index (κ3) is 4.74. The van der Waals surface area contributed by atoms with E-state index < -0.39 is 23.2 Å². The Kier molecular flexibility index (Phi) is 6.27. The van der Waals surface area contributed by atoms with Crippen molar-refractivity contribution in [3.05, 3.63) is 59.7 Å². The molecule has 0 spiro atoms. The number of halogens is 2. The summed E-state index contributed by atoms with van der Waals surface area (Å²) in [5.74, 6) is -1.16. The van der Waals surface area contributed by atoms with Crippen LogP contribution in [-0.4, -0.2) is 17.9 Å². The van der Waals surface area contributed by atoms with Crippen LogP contribution in [0.4, 0.5) is 14.5 Å². The van der Waals surface area contributed by atoms with E-state index in [0.717, 1.165) is 17.7 Å². The molecular formula is C16H15F2NOS2. The molecule has 2 nitrogen and oxygen atoms in total. The number of thioether (sulfide) groups is 2. The molecule has 0 aliphatic rings. The van der Waals surface area contributed by atoms with Gasteiger partial charge in [0.1, 0.15) is 17.3 Å². The first-order chi connectivity index (χ1) is 10.6. The first kappa shape index (κ1) is 16.8. The highest BCUT2D eigenvalue weighted by atomic mass is 32.2. The Bertz CT molecular complexity index is 627. The van der Waals surface area contributed by atoms with Crippen molar-refractivity contribution < 1.29 is 13.6 Å². The van der Waals surface area contributed by atoms with Gasteiger partial charge in [0.2, 0.25) is 5.91 Å². The lowest BCUT2D eigenvalue weighted by Crippen LogP contribution is -2.16. The minimum absolute atomic E-state index is 0.137. The lowest BCUT2D eigenvalue weighted by atomic mass is 10.2. The number of para-hydroxylation sites is 1. The van der Waals surface area contributed by atoms with Crippen LogP contribution in [-0.2, 0) is 10.5 Å². The van der Waals surface area contributed by atoms with Gasteiger partial charge < -0.3 is 5.32 Å². The smallest absolute Gasteiger partial charge is 0.234 e. The monoisotopic (exact) mass is 339 g/mol. The zero-order valence-electron chi connectivity index (χ0n) is 11.9. The molecule has 0 aliphatic heterocycles. The Balaban J connectivity index is 1.82. The summed E-state index contributed by atoms with van der Waals surface area (Å²) >= 11 is 3.06. The second-order valence-electron chi connectivity index (χ2n) is 4.49. The second kappa shape index (κ2) is 8.19. The maximum absolute atomic E-state index is 13.4. The first-order valence-electron chi connectivity index (χ1n) is 6.54. The van der Waals surface area contributed by atoms with Gasteiger partial charge in [-0.3, -0.25) is 4.79 Å². The molecule has 0 fully saturated rings. The number of benzene rings is 2. The summed E-state index contributed by atoms with van der Waals surface area (Å²) in [6.45, 7) is 0. The summed E-state index contributed by atoms with van der Waals surface area (Å²) in [6.07, 6.45) is 2.01. The van der Waals surface area contributed by atoms with Crippen LogP contribution in [0.1, 0.15) is 5.56 Å². The molecule has 0 aromatic heterocycles. The standard InChI is InChI=1S/C16H15F2NOS2/c1-21-12-7-5-11(6-8-12)9-22-10-15(20)19-16-13(17)3-2-4-14(16)18/h2-8H,9-10H2,1H3,(H,19,20). The molecule has 0 bridgehead atoms. The SMILES string of the molecule is CSc1ccc(CSCC(=O)Nc2c(F)cccc2F)cc1. The molecule has 2 rings (SSSR count). The predicted octanol–water partition coefficient (Wildman–Crippen LogP) is 4.56. The fourth-order valence-electron chi connectivity index (χ4n) is 1.78. The van der Waals surface area contributed by atoms with Crippen molar-refractivity contribution in [2.24, 2.45) is 0 Å². The van der Waals surface area contributed by atoms with Crippen molar-refractivity contribution in [2.75, 3.05) is 17.3 Å². The number of carbonyl (C=O) groups is 1. The number of nitrogens with one attached hydrogen (secondary N) is 1. The maximum Gasteiger partial charge on any atom is 0.234 e. The zero-order valence-corrected chi connectivity index (χ0v) is 13.6. The van der Waals surface area contributed by atoms with Crippen LogP contribution in [0.3, 0.4) is 0 Å². The van der Waals surface area contributed by atoms with Gasteiger partial charge in [0, 0.05) is 10.6 Å². The summed E-state index contributed by atoms with van der Waals surface area (Å²) in [5.41, 5.74) is 0.713. The quantitative estimate of drug-likeness (QED) is 0.782. The average Bonchev–Trinajstić information content (AvgIpc) is 2.52. The van der Waals surface area contributed by atoms with Gasteiger partial charge in [0.15, 0.2) is 0 Å². The van der Waals surface area contributed by atoms with Crippen molar-refractivity contribution in [1.82, 2.24) is 0 Å². The van der Waals surface area contributed by atoms with E-state index in [4.69, 9.17) is 0 Å². The Morgan fingerprint density at radius 2 is 1.73 bits per heavy atom. The minimum atomic E-state index is -0.772. The summed E-state index contributed by atoms with van der Waals surface area (Å²) in [7, 11) is 0. The number of hydrogen-bond acceptors (Lipinski definition) is 3. The number of amides is 1. The lowest BCUT2D eigenvalue weighted by molar-refractivity contribution is -0.113. The summed E-state index contributed by atoms with van der Waals surface area (Å²) in [5, 5.41) is 2.27. The van der Waals surface area contributed by atoms with Crippen molar-refractivity contribution in [2.45, 2.75) is 10.6 Å². The van der Waals surface area contributed by atoms with Gasteiger partial charge in [-0.1, -0.05) is 18.2 Å². The second-order valence-corrected chi connectivity index (χ2v) is 6.35. The Labute approximate surface area is 136 Å². The van der Waals surface area contributed by atoms with Crippen LogP contribution in [0.5, 0.6) is 0 Å². The van der Waals surface area contributed by atoms with Gasteiger partial charge in [0.25, 0.3) is 0 Å². The molecule has 0 saturated heterocycles. The highest BCUT2D eigenvalue weighted by Crippen LogP contribution is 2.20. The van der Waals surface area contributed by atoms with Crippen molar-refractivity contribution in [1.29, 1.82) is 0 Å². The molecule has 116 valence electrons. The normalized spacial score (nSPS) is 10.5. The molecular weight excluding hydrogens is 324 g/mol. The maximum atomic E-state index is 13.4. The molecule has 0 atom stereocenters.